The highest BCUT2D eigenvalue weighted by atomic mass is 16.5. The predicted molar refractivity (Wildman–Crippen MR) is 107 cm³/mol. The van der Waals surface area contributed by atoms with Crippen molar-refractivity contribution in [2.75, 3.05) is 12.0 Å². The molecule has 28 heavy (non-hydrogen) atoms. The van der Waals surface area contributed by atoms with Crippen LogP contribution in [0.2, 0.25) is 0 Å². The summed E-state index contributed by atoms with van der Waals surface area (Å²) in [5.74, 6) is 1.30. The Bertz CT molecular complexity index is 950. The Hall–Kier alpha value is -3.15. The average molecular weight is 376 g/mol. The van der Waals surface area contributed by atoms with E-state index in [0.29, 0.717) is 5.95 Å². The van der Waals surface area contributed by atoms with Gasteiger partial charge in [-0.25, -0.2) is 4.68 Å². The van der Waals surface area contributed by atoms with Crippen LogP contribution in [0.1, 0.15) is 43.5 Å². The summed E-state index contributed by atoms with van der Waals surface area (Å²) in [6.45, 7) is 3.83. The molecule has 6 nitrogen and oxygen atoms in total. The van der Waals surface area contributed by atoms with Crippen LogP contribution in [-0.2, 0) is 4.79 Å². The van der Waals surface area contributed by atoms with E-state index < -0.39 is 0 Å². The number of methoxy groups -OCH3 is 1. The fourth-order valence-electron chi connectivity index (χ4n) is 3.79. The zero-order valence-electron chi connectivity index (χ0n) is 16.3. The van der Waals surface area contributed by atoms with Crippen molar-refractivity contribution in [3.8, 4) is 5.75 Å². The van der Waals surface area contributed by atoms with Crippen LogP contribution >= 0.6 is 0 Å². The molecule has 0 spiro atoms. The van der Waals surface area contributed by atoms with Gasteiger partial charge in [0.2, 0.25) is 11.9 Å². The zero-order valence-corrected chi connectivity index (χ0v) is 16.3. The van der Waals surface area contributed by atoms with Crippen LogP contribution < -0.4 is 9.64 Å². The second-order valence-corrected chi connectivity index (χ2v) is 7.32. The number of carbonyl (C=O) groups excluding carboxylic acids is 1. The lowest BCUT2D eigenvalue weighted by atomic mass is 9.91. The van der Waals surface area contributed by atoms with Gasteiger partial charge in [0.15, 0.2) is 0 Å². The smallest absolute Gasteiger partial charge is 0.232 e. The third kappa shape index (κ3) is 3.15. The van der Waals surface area contributed by atoms with E-state index in [1.54, 1.807) is 12.0 Å². The molecule has 4 rings (SSSR count). The summed E-state index contributed by atoms with van der Waals surface area (Å²) in [6.07, 6.45) is 2.26. The molecule has 3 aromatic rings. The molecule has 0 radical (unpaired) electrons. The van der Waals surface area contributed by atoms with E-state index in [1.165, 1.54) is 6.33 Å². The standard InChI is InChI=1S/C22H24N4O2/c1-15(2)21(27)25-19(17-9-11-18(28-3)12-10-17)13-20(16-7-5-4-6-8-16)26-22(25)23-14-24-26/h4-12,14-15,19-20H,13H2,1-3H3/t19-,20+/m0/s1. The van der Waals surface area contributed by atoms with Gasteiger partial charge < -0.3 is 4.74 Å². The molecule has 2 atom stereocenters. The fraction of sp³-hybridized carbons (Fsp3) is 0.318. The molecule has 2 heterocycles. The van der Waals surface area contributed by atoms with Gasteiger partial charge in [0, 0.05) is 5.92 Å². The van der Waals surface area contributed by atoms with Crippen molar-refractivity contribution in [2.24, 2.45) is 5.92 Å². The Morgan fingerprint density at radius 3 is 2.36 bits per heavy atom. The van der Waals surface area contributed by atoms with Gasteiger partial charge in [-0.2, -0.15) is 10.1 Å². The SMILES string of the molecule is COc1ccc([C@@H]2C[C@H](c3ccccc3)n3ncnc3N2C(=O)C(C)C)cc1. The first-order valence-corrected chi connectivity index (χ1v) is 9.51. The van der Waals surface area contributed by atoms with Crippen LogP contribution in [0.3, 0.4) is 0 Å². The van der Waals surface area contributed by atoms with Crippen LogP contribution in [-0.4, -0.2) is 27.8 Å². The highest BCUT2D eigenvalue weighted by Gasteiger charge is 2.39. The molecule has 1 aliphatic heterocycles. The highest BCUT2D eigenvalue weighted by Crippen LogP contribution is 2.42. The van der Waals surface area contributed by atoms with Gasteiger partial charge in [0.1, 0.15) is 12.1 Å². The van der Waals surface area contributed by atoms with Gasteiger partial charge >= 0.3 is 0 Å². The zero-order chi connectivity index (χ0) is 19.7. The Balaban J connectivity index is 1.83. The molecule has 0 N–H and O–H groups in total. The van der Waals surface area contributed by atoms with Gasteiger partial charge in [-0.3, -0.25) is 9.69 Å². The van der Waals surface area contributed by atoms with Crippen LogP contribution in [0.25, 0.3) is 0 Å². The number of hydrogen-bond donors (Lipinski definition) is 0. The second kappa shape index (κ2) is 7.46. The topological polar surface area (TPSA) is 60.2 Å². The number of benzene rings is 2. The number of ether oxygens (including phenoxy) is 1. The summed E-state index contributed by atoms with van der Waals surface area (Å²) in [5.41, 5.74) is 2.22. The second-order valence-electron chi connectivity index (χ2n) is 7.32. The maximum Gasteiger partial charge on any atom is 0.232 e. The van der Waals surface area contributed by atoms with Crippen LogP contribution in [0.4, 0.5) is 5.95 Å². The van der Waals surface area contributed by atoms with E-state index >= 15 is 0 Å². The van der Waals surface area contributed by atoms with Crippen LogP contribution in [0.15, 0.2) is 60.9 Å². The van der Waals surface area contributed by atoms with Crippen molar-refractivity contribution in [2.45, 2.75) is 32.4 Å². The molecule has 1 aliphatic rings. The van der Waals surface area contributed by atoms with Gasteiger partial charge in [-0.15, -0.1) is 0 Å². The summed E-state index contributed by atoms with van der Waals surface area (Å²) < 4.78 is 7.17. The highest BCUT2D eigenvalue weighted by molar-refractivity contribution is 5.94. The first-order valence-electron chi connectivity index (χ1n) is 9.51. The molecule has 0 fully saturated rings. The first kappa shape index (κ1) is 18.2. The number of anilines is 1. The van der Waals surface area contributed by atoms with Crippen molar-refractivity contribution < 1.29 is 9.53 Å². The monoisotopic (exact) mass is 376 g/mol. The van der Waals surface area contributed by atoms with E-state index in [1.807, 2.05) is 61.0 Å². The summed E-state index contributed by atoms with van der Waals surface area (Å²) in [7, 11) is 1.65. The number of carbonyl (C=O) groups is 1. The minimum atomic E-state index is -0.140. The Morgan fingerprint density at radius 2 is 1.71 bits per heavy atom. The van der Waals surface area contributed by atoms with Gasteiger partial charge in [0.25, 0.3) is 0 Å². The third-order valence-electron chi connectivity index (χ3n) is 5.24. The molecular weight excluding hydrogens is 352 g/mol. The normalized spacial score (nSPS) is 18.8. The minimum Gasteiger partial charge on any atom is -0.497 e. The maximum atomic E-state index is 13.1. The number of hydrogen-bond acceptors (Lipinski definition) is 4. The largest absolute Gasteiger partial charge is 0.497 e. The third-order valence-corrected chi connectivity index (χ3v) is 5.24. The van der Waals surface area contributed by atoms with Crippen molar-refractivity contribution in [1.82, 2.24) is 14.8 Å². The lowest BCUT2D eigenvalue weighted by Gasteiger charge is -2.39. The van der Waals surface area contributed by atoms with Gasteiger partial charge in [0.05, 0.1) is 19.2 Å². The fourth-order valence-corrected chi connectivity index (χ4v) is 3.79. The maximum absolute atomic E-state index is 13.1. The molecular formula is C22H24N4O2. The molecule has 0 aliphatic carbocycles. The van der Waals surface area contributed by atoms with Crippen molar-refractivity contribution >= 4 is 11.9 Å². The molecule has 144 valence electrons. The van der Waals surface area contributed by atoms with Crippen molar-refractivity contribution in [3.05, 3.63) is 72.1 Å². The lowest BCUT2D eigenvalue weighted by molar-refractivity contribution is -0.122. The molecule has 1 amide bonds. The lowest BCUT2D eigenvalue weighted by Crippen LogP contribution is -2.44. The average Bonchev–Trinajstić information content (AvgIpc) is 3.22. The molecule has 2 aromatic carbocycles. The summed E-state index contributed by atoms with van der Waals surface area (Å²) >= 11 is 0. The Morgan fingerprint density at radius 1 is 1.04 bits per heavy atom. The number of rotatable bonds is 4. The van der Waals surface area contributed by atoms with E-state index in [-0.39, 0.29) is 23.9 Å². The van der Waals surface area contributed by atoms with Crippen LogP contribution in [0, 0.1) is 5.92 Å². The number of amides is 1. The van der Waals surface area contributed by atoms with E-state index in [9.17, 15) is 4.79 Å². The van der Waals surface area contributed by atoms with E-state index in [4.69, 9.17) is 4.74 Å². The number of nitrogens with zero attached hydrogens (tertiary/aromatic N) is 4. The Kier molecular flexibility index (Phi) is 4.86. The van der Waals surface area contributed by atoms with Crippen molar-refractivity contribution in [3.63, 3.8) is 0 Å². The number of aromatic nitrogens is 3. The summed E-state index contributed by atoms with van der Waals surface area (Å²) in [5, 5.41) is 4.45. The molecule has 0 unspecified atom stereocenters. The first-order chi connectivity index (χ1) is 13.6. The molecule has 6 heteroatoms. The molecule has 0 saturated heterocycles. The van der Waals surface area contributed by atoms with Crippen LogP contribution in [0.5, 0.6) is 5.75 Å². The van der Waals surface area contributed by atoms with Gasteiger partial charge in [-0.05, 0) is 29.7 Å². The minimum absolute atomic E-state index is 0.0158. The molecule has 0 bridgehead atoms. The predicted octanol–water partition coefficient (Wildman–Crippen LogP) is 4.01. The summed E-state index contributed by atoms with van der Waals surface area (Å²) in [6, 6.07) is 18.1. The molecule has 1 aromatic heterocycles. The molecule has 0 saturated carbocycles. The quantitative estimate of drug-likeness (QED) is 0.690. The number of fused-ring (bicyclic) bond motifs is 1. The van der Waals surface area contributed by atoms with Gasteiger partial charge in [-0.1, -0.05) is 56.3 Å². The Labute approximate surface area is 164 Å². The summed E-state index contributed by atoms with van der Waals surface area (Å²) in [4.78, 5) is 19.4. The van der Waals surface area contributed by atoms with Crippen molar-refractivity contribution in [1.29, 1.82) is 0 Å². The van der Waals surface area contributed by atoms with E-state index in [2.05, 4.69) is 22.2 Å². The van der Waals surface area contributed by atoms with E-state index in [0.717, 1.165) is 23.3 Å².